The number of anilines is 1. The van der Waals surface area contributed by atoms with Gasteiger partial charge in [-0.3, -0.25) is 5.14 Å². The van der Waals surface area contributed by atoms with Gasteiger partial charge in [-0.05, 0) is 44.6 Å². The lowest BCUT2D eigenvalue weighted by Gasteiger charge is -2.29. The van der Waals surface area contributed by atoms with E-state index in [0.29, 0.717) is 11.5 Å². The summed E-state index contributed by atoms with van der Waals surface area (Å²) in [4.78, 5) is 12.3. The molecule has 0 aliphatic carbocycles. The lowest BCUT2D eigenvalue weighted by molar-refractivity contribution is 0.399. The summed E-state index contributed by atoms with van der Waals surface area (Å²) in [5.41, 5.74) is 4.15. The molecular formula is C21H24N4OS2. The van der Waals surface area contributed by atoms with Gasteiger partial charge in [0.2, 0.25) is 5.88 Å². The number of aromatic nitrogens is 2. The van der Waals surface area contributed by atoms with Crippen molar-refractivity contribution in [3.8, 4) is 5.88 Å². The van der Waals surface area contributed by atoms with Crippen molar-refractivity contribution in [3.05, 3.63) is 59.8 Å². The average molecular weight is 413 g/mol. The van der Waals surface area contributed by atoms with Crippen LogP contribution in [0, 0.1) is 0 Å². The molecule has 3 aromatic rings. The van der Waals surface area contributed by atoms with E-state index in [1.165, 1.54) is 5.56 Å². The van der Waals surface area contributed by atoms with Crippen molar-refractivity contribution in [3.63, 3.8) is 0 Å². The van der Waals surface area contributed by atoms with E-state index in [9.17, 15) is 0 Å². The van der Waals surface area contributed by atoms with Gasteiger partial charge in [-0.1, -0.05) is 38.1 Å². The fourth-order valence-corrected chi connectivity index (χ4v) is 3.88. The normalized spacial score (nSPS) is 13.5. The SMILES string of the molecule is CC.COc1ccc2c3c(cnc2n1)C=CCN3Cc1ccc(S(N)=S)cc1. The molecule has 1 aromatic carbocycles. The number of pyridine rings is 2. The van der Waals surface area contributed by atoms with Crippen LogP contribution in [0.2, 0.25) is 0 Å². The number of methoxy groups -OCH3 is 1. The molecule has 2 N–H and O–H groups in total. The Hall–Kier alpha value is -2.35. The van der Waals surface area contributed by atoms with E-state index in [2.05, 4.69) is 39.2 Å². The van der Waals surface area contributed by atoms with Crippen LogP contribution in [0.15, 0.2) is 53.6 Å². The molecule has 0 spiro atoms. The number of ether oxygens (including phenoxy) is 1. The van der Waals surface area contributed by atoms with Gasteiger partial charge in [-0.15, -0.1) is 0 Å². The highest BCUT2D eigenvalue weighted by molar-refractivity contribution is 8.27. The largest absolute Gasteiger partial charge is 0.481 e. The van der Waals surface area contributed by atoms with Crippen molar-refractivity contribution in [2.75, 3.05) is 18.6 Å². The molecule has 1 unspecified atom stereocenters. The summed E-state index contributed by atoms with van der Waals surface area (Å²) in [6.45, 7) is 5.63. The molecule has 0 amide bonds. The van der Waals surface area contributed by atoms with E-state index in [0.717, 1.165) is 34.6 Å². The Morgan fingerprint density at radius 1 is 1.18 bits per heavy atom. The molecule has 0 bridgehead atoms. The molecule has 0 saturated carbocycles. The second-order valence-electron chi connectivity index (χ2n) is 6.01. The van der Waals surface area contributed by atoms with Gasteiger partial charge in [0, 0.05) is 41.2 Å². The molecule has 0 radical (unpaired) electrons. The first-order valence-corrected chi connectivity index (χ1v) is 11.4. The molecular weight excluding hydrogens is 388 g/mol. The summed E-state index contributed by atoms with van der Waals surface area (Å²) >= 11 is 5.14. The maximum atomic E-state index is 5.80. The Morgan fingerprint density at radius 2 is 1.93 bits per heavy atom. The van der Waals surface area contributed by atoms with E-state index in [4.69, 9.17) is 21.1 Å². The van der Waals surface area contributed by atoms with Crippen LogP contribution in [0.1, 0.15) is 25.0 Å². The molecule has 1 atom stereocenters. The van der Waals surface area contributed by atoms with E-state index in [-0.39, 0.29) is 0 Å². The fourth-order valence-electron chi connectivity index (χ4n) is 3.14. The molecule has 5 nitrogen and oxygen atoms in total. The monoisotopic (exact) mass is 412 g/mol. The van der Waals surface area contributed by atoms with Crippen LogP contribution in [0.4, 0.5) is 5.69 Å². The summed E-state index contributed by atoms with van der Waals surface area (Å²) in [5, 5.41) is 6.82. The second kappa shape index (κ2) is 9.23. The lowest BCUT2D eigenvalue weighted by Crippen LogP contribution is -2.26. The van der Waals surface area contributed by atoms with Crippen molar-refractivity contribution in [2.24, 2.45) is 5.14 Å². The lowest BCUT2D eigenvalue weighted by atomic mass is 10.1. The van der Waals surface area contributed by atoms with Crippen LogP contribution in [-0.2, 0) is 27.4 Å². The first kappa shape index (κ1) is 20.4. The predicted octanol–water partition coefficient (Wildman–Crippen LogP) is 4.01. The summed E-state index contributed by atoms with van der Waals surface area (Å²) in [7, 11) is 0.990. The number of nitrogens with zero attached hydrogens (tertiary/aromatic N) is 3. The zero-order chi connectivity index (χ0) is 20.1. The zero-order valence-corrected chi connectivity index (χ0v) is 17.9. The molecule has 2 aromatic heterocycles. The van der Waals surface area contributed by atoms with Crippen LogP contribution in [-0.4, -0.2) is 23.6 Å². The number of nitrogens with two attached hydrogens (primary N) is 1. The third kappa shape index (κ3) is 4.22. The van der Waals surface area contributed by atoms with E-state index in [1.54, 1.807) is 7.11 Å². The summed E-state index contributed by atoms with van der Waals surface area (Å²) in [6.07, 6.45) is 6.14. The molecule has 7 heteroatoms. The summed E-state index contributed by atoms with van der Waals surface area (Å²) < 4.78 is 5.22. The van der Waals surface area contributed by atoms with Gasteiger partial charge >= 0.3 is 0 Å². The Bertz CT molecular complexity index is 1020. The van der Waals surface area contributed by atoms with E-state index in [1.807, 2.05) is 44.3 Å². The second-order valence-corrected chi connectivity index (χ2v) is 8.15. The van der Waals surface area contributed by atoms with Gasteiger partial charge in [0.05, 0.1) is 12.8 Å². The number of hydrogen-bond donors (Lipinski definition) is 1. The number of fused-ring (bicyclic) bond motifs is 3. The van der Waals surface area contributed by atoms with Crippen LogP contribution in [0.5, 0.6) is 5.88 Å². The van der Waals surface area contributed by atoms with Crippen LogP contribution < -0.4 is 14.8 Å². The topological polar surface area (TPSA) is 64.3 Å². The Labute approximate surface area is 173 Å². The first-order valence-electron chi connectivity index (χ1n) is 9.16. The molecule has 3 heterocycles. The van der Waals surface area contributed by atoms with Crippen molar-refractivity contribution in [2.45, 2.75) is 25.3 Å². The highest BCUT2D eigenvalue weighted by Crippen LogP contribution is 2.34. The minimum absolute atomic E-state index is 0.569. The molecule has 4 rings (SSSR count). The molecule has 1 aliphatic rings. The van der Waals surface area contributed by atoms with E-state index < -0.39 is 9.64 Å². The standard InChI is InChI=1S/C19H18N4OS2.C2H6/c1-24-17-9-8-16-18-14(11-21-19(16)22-17)3-2-10-23(18)12-13-4-6-15(7-5-13)26(20)25;1-2/h2-9,11H,10,12,20H2,1H3;1-2H3. The smallest absolute Gasteiger partial charge is 0.215 e. The predicted molar refractivity (Wildman–Crippen MR) is 121 cm³/mol. The van der Waals surface area contributed by atoms with Crippen molar-refractivity contribution in [1.82, 2.24) is 9.97 Å². The first-order chi connectivity index (χ1) is 13.7. The average Bonchev–Trinajstić information content (AvgIpc) is 2.75. The Balaban J connectivity index is 0.00000109. The molecule has 0 fully saturated rings. The van der Waals surface area contributed by atoms with Gasteiger partial charge in [0.15, 0.2) is 5.65 Å². The van der Waals surface area contributed by atoms with Crippen LogP contribution >= 0.6 is 0 Å². The fraction of sp³-hybridized carbons (Fsp3) is 0.238. The van der Waals surface area contributed by atoms with Crippen molar-refractivity contribution in [1.29, 1.82) is 0 Å². The molecule has 1 aliphatic heterocycles. The van der Waals surface area contributed by atoms with E-state index >= 15 is 0 Å². The minimum Gasteiger partial charge on any atom is -0.481 e. The number of hydrogen-bond acceptors (Lipinski definition) is 5. The van der Waals surface area contributed by atoms with Gasteiger partial charge in [0.1, 0.15) is 0 Å². The summed E-state index contributed by atoms with van der Waals surface area (Å²) in [5.74, 6) is 0.569. The molecule has 146 valence electrons. The van der Waals surface area contributed by atoms with Crippen LogP contribution in [0.25, 0.3) is 17.1 Å². The van der Waals surface area contributed by atoms with Gasteiger partial charge in [-0.2, -0.15) is 4.98 Å². The highest BCUT2D eigenvalue weighted by Gasteiger charge is 2.18. The maximum absolute atomic E-state index is 5.80. The molecule has 28 heavy (non-hydrogen) atoms. The van der Waals surface area contributed by atoms with Crippen molar-refractivity contribution < 1.29 is 4.74 Å². The third-order valence-electron chi connectivity index (χ3n) is 4.38. The Kier molecular flexibility index (Phi) is 6.72. The van der Waals surface area contributed by atoms with Crippen molar-refractivity contribution >= 4 is 43.6 Å². The van der Waals surface area contributed by atoms with Gasteiger partial charge in [-0.25, -0.2) is 4.98 Å². The minimum atomic E-state index is -0.622. The summed E-state index contributed by atoms with van der Waals surface area (Å²) in [6, 6.07) is 12.1. The van der Waals surface area contributed by atoms with Gasteiger partial charge < -0.3 is 9.64 Å². The highest BCUT2D eigenvalue weighted by atomic mass is 32.8. The number of benzene rings is 1. The zero-order valence-electron chi connectivity index (χ0n) is 16.3. The van der Waals surface area contributed by atoms with Crippen LogP contribution in [0.3, 0.4) is 0 Å². The third-order valence-corrected chi connectivity index (χ3v) is 5.70. The molecule has 0 saturated heterocycles. The quantitative estimate of drug-likeness (QED) is 0.698. The Morgan fingerprint density at radius 3 is 2.61 bits per heavy atom. The van der Waals surface area contributed by atoms with Gasteiger partial charge in [0.25, 0.3) is 0 Å². The maximum Gasteiger partial charge on any atom is 0.215 e. The number of rotatable bonds is 4.